The van der Waals surface area contributed by atoms with Gasteiger partial charge >= 0.3 is 6.09 Å². The number of pyridine rings is 1. The highest BCUT2D eigenvalue weighted by Crippen LogP contribution is 2.47. The third kappa shape index (κ3) is 7.10. The van der Waals surface area contributed by atoms with Crippen LogP contribution in [0.2, 0.25) is 0 Å². The molecule has 1 unspecified atom stereocenters. The van der Waals surface area contributed by atoms with Gasteiger partial charge in [0, 0.05) is 43.0 Å². The van der Waals surface area contributed by atoms with Gasteiger partial charge in [-0.2, -0.15) is 0 Å². The summed E-state index contributed by atoms with van der Waals surface area (Å²) in [6, 6.07) is 15.5. The summed E-state index contributed by atoms with van der Waals surface area (Å²) in [6.07, 6.45) is 3.67. The van der Waals surface area contributed by atoms with Crippen molar-refractivity contribution in [1.29, 1.82) is 0 Å². The Morgan fingerprint density at radius 1 is 0.980 bits per heavy atom. The van der Waals surface area contributed by atoms with E-state index in [0.29, 0.717) is 37.2 Å². The molecule has 1 atom stereocenters. The number of rotatable bonds is 8. The van der Waals surface area contributed by atoms with E-state index in [-0.39, 0.29) is 37.4 Å². The van der Waals surface area contributed by atoms with E-state index in [0.717, 1.165) is 46.5 Å². The molecule has 6 rings (SSSR count). The molecule has 11 heteroatoms. The van der Waals surface area contributed by atoms with Crippen LogP contribution >= 0.6 is 0 Å². The van der Waals surface area contributed by atoms with Gasteiger partial charge in [0.15, 0.2) is 0 Å². The van der Waals surface area contributed by atoms with Gasteiger partial charge in [0.25, 0.3) is 0 Å². The highest BCUT2D eigenvalue weighted by atomic mass is 16.6. The van der Waals surface area contributed by atoms with Crippen molar-refractivity contribution in [1.82, 2.24) is 20.1 Å². The van der Waals surface area contributed by atoms with E-state index < -0.39 is 22.5 Å². The first-order valence-corrected chi connectivity index (χ1v) is 17.4. The number of hydrogen-bond donors (Lipinski definition) is 3. The largest absolute Gasteiger partial charge is 0.444 e. The SMILES string of the molecule is Cc1cc2c(cc1NC(=O)CN(Cc1ccccc1CN(C)C(=O)OC(C)(C)C)C(=O)C1(C)CCNCC1)CC1(C2)C(=O)Nc2ncccc21. The highest BCUT2D eigenvalue weighted by molar-refractivity contribution is 6.06. The van der Waals surface area contributed by atoms with Crippen LogP contribution in [-0.2, 0) is 50.5 Å². The molecule has 0 bridgehead atoms. The number of piperidine rings is 1. The molecule has 2 aliphatic heterocycles. The van der Waals surface area contributed by atoms with Gasteiger partial charge in [-0.25, -0.2) is 9.78 Å². The zero-order valence-corrected chi connectivity index (χ0v) is 29.9. The number of hydrogen-bond acceptors (Lipinski definition) is 7. The topological polar surface area (TPSA) is 133 Å². The minimum absolute atomic E-state index is 0.0521. The molecule has 50 heavy (non-hydrogen) atoms. The summed E-state index contributed by atoms with van der Waals surface area (Å²) in [5.74, 6) is 0.185. The summed E-state index contributed by atoms with van der Waals surface area (Å²) in [4.78, 5) is 61.7. The second-order valence-corrected chi connectivity index (χ2v) is 15.4. The summed E-state index contributed by atoms with van der Waals surface area (Å²) in [7, 11) is 1.69. The van der Waals surface area contributed by atoms with Gasteiger partial charge in [-0.15, -0.1) is 0 Å². The number of aryl methyl sites for hydroxylation is 1. The van der Waals surface area contributed by atoms with Crippen molar-refractivity contribution in [3.05, 3.63) is 88.1 Å². The smallest absolute Gasteiger partial charge is 0.410 e. The number of benzene rings is 2. The molecule has 1 fully saturated rings. The molecule has 1 aliphatic carbocycles. The molecule has 3 N–H and O–H groups in total. The van der Waals surface area contributed by atoms with Crippen molar-refractivity contribution >= 4 is 35.3 Å². The molecule has 1 saturated heterocycles. The third-order valence-electron chi connectivity index (χ3n) is 10.2. The number of carbonyl (C=O) groups excluding carboxylic acids is 4. The van der Waals surface area contributed by atoms with Gasteiger partial charge in [-0.05, 0) is 106 Å². The first-order chi connectivity index (χ1) is 23.7. The molecule has 0 radical (unpaired) electrons. The maximum Gasteiger partial charge on any atom is 0.410 e. The molecule has 3 heterocycles. The van der Waals surface area contributed by atoms with Crippen LogP contribution < -0.4 is 16.0 Å². The summed E-state index contributed by atoms with van der Waals surface area (Å²) < 4.78 is 5.56. The lowest BCUT2D eigenvalue weighted by Gasteiger charge is -2.37. The summed E-state index contributed by atoms with van der Waals surface area (Å²) >= 11 is 0. The van der Waals surface area contributed by atoms with E-state index in [4.69, 9.17) is 4.74 Å². The van der Waals surface area contributed by atoms with Crippen molar-refractivity contribution in [3.8, 4) is 0 Å². The average molecular weight is 681 g/mol. The molecule has 0 saturated carbocycles. The molecule has 11 nitrogen and oxygen atoms in total. The van der Waals surface area contributed by atoms with Gasteiger partial charge in [0.1, 0.15) is 18.0 Å². The number of anilines is 2. The van der Waals surface area contributed by atoms with Crippen LogP contribution in [0, 0.1) is 12.3 Å². The van der Waals surface area contributed by atoms with Crippen LogP contribution in [0.3, 0.4) is 0 Å². The monoisotopic (exact) mass is 680 g/mol. The Labute approximate surface area is 294 Å². The van der Waals surface area contributed by atoms with E-state index in [2.05, 4.69) is 27.0 Å². The zero-order chi connectivity index (χ0) is 35.8. The van der Waals surface area contributed by atoms with Crippen molar-refractivity contribution in [2.45, 2.75) is 84.4 Å². The Morgan fingerprint density at radius 3 is 2.32 bits per heavy atom. The number of carbonyl (C=O) groups is 4. The average Bonchev–Trinajstić information content (AvgIpc) is 3.56. The predicted molar refractivity (Wildman–Crippen MR) is 192 cm³/mol. The number of nitrogens with zero attached hydrogens (tertiary/aromatic N) is 3. The van der Waals surface area contributed by atoms with E-state index in [1.807, 2.05) is 77.1 Å². The molecule has 1 spiro atoms. The standard InChI is InChI=1S/C39H48N6O5/c1-25-18-28-20-39(30-12-9-15-41-33(30)43-34(39)47)21-29(28)19-31(25)42-32(46)24-45(35(48)38(5)13-16-40-17-14-38)23-27-11-8-7-10-26(27)22-44(6)36(49)50-37(2,3)4/h7-12,15,18-19,40H,13-14,16-17,20-24H2,1-6H3,(H,42,46)(H,41,43,47). The fraction of sp³-hybridized carbons (Fsp3) is 0.462. The van der Waals surface area contributed by atoms with E-state index in [1.165, 1.54) is 4.90 Å². The quantitative estimate of drug-likeness (QED) is 0.302. The number of ether oxygens (including phenoxy) is 1. The third-order valence-corrected chi connectivity index (χ3v) is 10.2. The van der Waals surface area contributed by atoms with E-state index in [1.54, 1.807) is 18.1 Å². The molecule has 1 aromatic heterocycles. The highest BCUT2D eigenvalue weighted by Gasteiger charge is 2.51. The first kappa shape index (κ1) is 35.1. The normalized spacial score (nSPS) is 19.0. The Hall–Kier alpha value is -4.77. The predicted octanol–water partition coefficient (Wildman–Crippen LogP) is 5.10. The lowest BCUT2D eigenvalue weighted by atomic mass is 9.79. The summed E-state index contributed by atoms with van der Waals surface area (Å²) in [5.41, 5.74) is 4.31. The molecular weight excluding hydrogens is 632 g/mol. The van der Waals surface area contributed by atoms with Crippen LogP contribution in [0.25, 0.3) is 0 Å². The van der Waals surface area contributed by atoms with Crippen molar-refractivity contribution in [3.63, 3.8) is 0 Å². The maximum atomic E-state index is 14.3. The van der Waals surface area contributed by atoms with Gasteiger partial charge in [-0.1, -0.05) is 43.3 Å². The maximum absolute atomic E-state index is 14.3. The molecule has 3 aliphatic rings. The number of fused-ring (bicyclic) bond motifs is 3. The number of aromatic nitrogens is 1. The Balaban J connectivity index is 1.22. The first-order valence-electron chi connectivity index (χ1n) is 17.4. The van der Waals surface area contributed by atoms with Crippen molar-refractivity contribution in [2.24, 2.45) is 5.41 Å². The lowest BCUT2D eigenvalue weighted by molar-refractivity contribution is -0.145. The number of nitrogens with one attached hydrogen (secondary N) is 3. The van der Waals surface area contributed by atoms with Crippen molar-refractivity contribution < 1.29 is 23.9 Å². The molecule has 264 valence electrons. The van der Waals surface area contributed by atoms with Gasteiger partial charge in [0.05, 0.1) is 5.41 Å². The minimum Gasteiger partial charge on any atom is -0.444 e. The fourth-order valence-corrected chi connectivity index (χ4v) is 7.45. The van der Waals surface area contributed by atoms with Gasteiger partial charge < -0.3 is 30.5 Å². The number of amides is 4. The minimum atomic E-state index is -0.709. The van der Waals surface area contributed by atoms with Gasteiger partial charge in [-0.3, -0.25) is 14.4 Å². The van der Waals surface area contributed by atoms with Crippen LogP contribution in [0.4, 0.5) is 16.3 Å². The van der Waals surface area contributed by atoms with Gasteiger partial charge in [0.2, 0.25) is 17.7 Å². The summed E-state index contributed by atoms with van der Waals surface area (Å²) in [5, 5.41) is 9.38. The molecule has 2 aromatic carbocycles. The van der Waals surface area contributed by atoms with E-state index in [9.17, 15) is 19.2 Å². The van der Waals surface area contributed by atoms with Crippen molar-refractivity contribution in [2.75, 3.05) is 37.3 Å². The Morgan fingerprint density at radius 2 is 1.64 bits per heavy atom. The molecule has 4 amide bonds. The lowest BCUT2D eigenvalue weighted by Crippen LogP contribution is -2.49. The Kier molecular flexibility index (Phi) is 9.47. The van der Waals surface area contributed by atoms with Crippen LogP contribution in [0.1, 0.15) is 73.9 Å². The molecular formula is C39H48N6O5. The van der Waals surface area contributed by atoms with Crippen LogP contribution in [-0.4, -0.2) is 70.9 Å². The second kappa shape index (κ2) is 13.5. The second-order valence-electron chi connectivity index (χ2n) is 15.4. The van der Waals surface area contributed by atoms with Crippen LogP contribution in [0.15, 0.2) is 54.7 Å². The Bertz CT molecular complexity index is 1830. The fourth-order valence-electron chi connectivity index (χ4n) is 7.45. The zero-order valence-electron chi connectivity index (χ0n) is 29.9. The van der Waals surface area contributed by atoms with E-state index >= 15 is 0 Å². The van der Waals surface area contributed by atoms with Crippen LogP contribution in [0.5, 0.6) is 0 Å². The molecule has 3 aromatic rings. The summed E-state index contributed by atoms with van der Waals surface area (Å²) in [6.45, 7) is 11.2.